The third-order valence-corrected chi connectivity index (χ3v) is 3.65. The molecule has 0 aliphatic rings. The summed E-state index contributed by atoms with van der Waals surface area (Å²) in [5.74, 6) is 0.374. The van der Waals surface area contributed by atoms with E-state index >= 15 is 0 Å². The van der Waals surface area contributed by atoms with Crippen LogP contribution in [0.1, 0.15) is 12.8 Å². The molecule has 1 N–H and O–H groups in total. The zero-order chi connectivity index (χ0) is 17.5. The highest BCUT2D eigenvalue weighted by Crippen LogP contribution is 2.26. The number of hydrogen-bond acceptors (Lipinski definition) is 4. The largest absolute Gasteiger partial charge is 0.494 e. The summed E-state index contributed by atoms with van der Waals surface area (Å²) in [5, 5.41) is 14.2. The van der Waals surface area contributed by atoms with Crippen LogP contribution >= 0.6 is 23.2 Å². The number of nitrogens with zero attached hydrogens (tertiary/aromatic N) is 1. The van der Waals surface area contributed by atoms with Gasteiger partial charge in [0.05, 0.1) is 22.2 Å². The lowest BCUT2D eigenvalue weighted by Gasteiger charge is -2.08. The molecule has 0 bridgehead atoms. The van der Waals surface area contributed by atoms with Crippen LogP contribution in [0.3, 0.4) is 0 Å². The van der Waals surface area contributed by atoms with Gasteiger partial charge in [0.2, 0.25) is 5.91 Å². The molecule has 0 spiro atoms. The van der Waals surface area contributed by atoms with Crippen LogP contribution in [-0.4, -0.2) is 17.4 Å². The summed E-state index contributed by atoms with van der Waals surface area (Å²) in [6, 6.07) is 10.8. The summed E-state index contributed by atoms with van der Waals surface area (Å²) < 4.78 is 5.48. The highest BCUT2D eigenvalue weighted by Gasteiger charge is 2.12. The molecule has 0 atom stereocenters. The van der Waals surface area contributed by atoms with Crippen molar-refractivity contribution in [1.82, 2.24) is 0 Å². The normalized spacial score (nSPS) is 10.2. The van der Waals surface area contributed by atoms with E-state index in [0.29, 0.717) is 23.8 Å². The number of nitrogens with one attached hydrogen (secondary N) is 1. The zero-order valence-electron chi connectivity index (χ0n) is 12.5. The maximum atomic E-state index is 11.9. The molecule has 0 saturated carbocycles. The van der Waals surface area contributed by atoms with E-state index in [4.69, 9.17) is 27.9 Å². The Labute approximate surface area is 148 Å². The molecule has 0 aliphatic carbocycles. The van der Waals surface area contributed by atoms with Crippen LogP contribution in [0.15, 0.2) is 42.5 Å². The number of benzene rings is 2. The summed E-state index contributed by atoms with van der Waals surface area (Å²) in [4.78, 5) is 22.1. The Kier molecular flexibility index (Phi) is 6.40. The van der Waals surface area contributed by atoms with Crippen LogP contribution in [0.25, 0.3) is 0 Å². The summed E-state index contributed by atoms with van der Waals surface area (Å²) in [5.41, 5.74) is 0.0789. The first-order valence-corrected chi connectivity index (χ1v) is 7.83. The number of non-ortho nitro benzene ring substituents is 1. The highest BCUT2D eigenvalue weighted by atomic mass is 35.5. The molecule has 0 radical (unpaired) electrons. The van der Waals surface area contributed by atoms with Gasteiger partial charge < -0.3 is 10.1 Å². The van der Waals surface area contributed by atoms with Crippen molar-refractivity contribution in [2.75, 3.05) is 11.9 Å². The number of carbonyl (C=O) groups excluding carboxylic acids is 1. The van der Waals surface area contributed by atoms with E-state index in [1.807, 2.05) is 0 Å². The first kappa shape index (κ1) is 18.0. The molecule has 6 nitrogen and oxygen atoms in total. The van der Waals surface area contributed by atoms with Gasteiger partial charge >= 0.3 is 0 Å². The number of ether oxygens (including phenoxy) is 1. The molecule has 0 unspecified atom stereocenters. The van der Waals surface area contributed by atoms with Crippen LogP contribution in [0.5, 0.6) is 5.75 Å². The summed E-state index contributed by atoms with van der Waals surface area (Å²) in [6.07, 6.45) is 0.688. The Hall–Kier alpha value is -2.31. The van der Waals surface area contributed by atoms with Crippen molar-refractivity contribution in [3.63, 3.8) is 0 Å². The fourth-order valence-electron chi connectivity index (χ4n) is 1.89. The van der Waals surface area contributed by atoms with E-state index in [2.05, 4.69) is 5.32 Å². The van der Waals surface area contributed by atoms with Crippen molar-refractivity contribution in [2.45, 2.75) is 12.8 Å². The minimum atomic E-state index is -0.550. The Morgan fingerprint density at radius 3 is 2.54 bits per heavy atom. The van der Waals surface area contributed by atoms with Gasteiger partial charge in [-0.05, 0) is 36.8 Å². The lowest BCUT2D eigenvalue weighted by molar-refractivity contribution is -0.384. The van der Waals surface area contributed by atoms with Crippen LogP contribution in [-0.2, 0) is 4.79 Å². The average molecular weight is 369 g/mol. The maximum absolute atomic E-state index is 11.9. The fraction of sp³-hybridized carbons (Fsp3) is 0.188. The number of nitro benzene ring substituents is 1. The standard InChI is InChI=1S/C16H14Cl2N2O4/c17-11-3-6-13(7-4-11)24-9-1-2-16(21)19-15-10-12(20(22)23)5-8-14(15)18/h3-8,10H,1-2,9H2,(H,19,21). The van der Waals surface area contributed by atoms with Crippen LogP contribution < -0.4 is 10.1 Å². The molecule has 2 rings (SSSR count). The SMILES string of the molecule is O=C(CCCOc1ccc(Cl)cc1)Nc1cc([N+](=O)[O-])ccc1Cl. The second-order valence-electron chi connectivity index (χ2n) is 4.88. The molecule has 0 aromatic heterocycles. The molecule has 0 saturated heterocycles. The molecule has 24 heavy (non-hydrogen) atoms. The number of amides is 1. The van der Waals surface area contributed by atoms with Gasteiger partial charge in [-0.15, -0.1) is 0 Å². The topological polar surface area (TPSA) is 81.5 Å². The van der Waals surface area contributed by atoms with Crippen LogP contribution in [0.2, 0.25) is 10.0 Å². The van der Waals surface area contributed by atoms with Crippen molar-refractivity contribution in [3.05, 3.63) is 62.6 Å². The molecule has 0 fully saturated rings. The van der Waals surface area contributed by atoms with Crippen LogP contribution in [0, 0.1) is 10.1 Å². The van der Waals surface area contributed by atoms with Gasteiger partial charge in [-0.3, -0.25) is 14.9 Å². The summed E-state index contributed by atoms with van der Waals surface area (Å²) >= 11 is 11.7. The number of rotatable bonds is 7. The van der Waals surface area contributed by atoms with Crippen molar-refractivity contribution in [2.24, 2.45) is 0 Å². The predicted octanol–water partition coefficient (Wildman–Crippen LogP) is 4.70. The van der Waals surface area contributed by atoms with Gasteiger partial charge in [-0.25, -0.2) is 0 Å². The molecule has 0 aliphatic heterocycles. The van der Waals surface area contributed by atoms with Gasteiger partial charge in [0.25, 0.3) is 5.69 Å². The minimum Gasteiger partial charge on any atom is -0.494 e. The Bertz CT molecular complexity index is 735. The van der Waals surface area contributed by atoms with E-state index in [1.54, 1.807) is 24.3 Å². The van der Waals surface area contributed by atoms with Gasteiger partial charge in [0.15, 0.2) is 0 Å². The van der Waals surface area contributed by atoms with E-state index in [0.717, 1.165) is 0 Å². The first-order valence-electron chi connectivity index (χ1n) is 7.08. The quantitative estimate of drug-likeness (QED) is 0.436. The second-order valence-corrected chi connectivity index (χ2v) is 5.72. The molecule has 2 aromatic rings. The third-order valence-electron chi connectivity index (χ3n) is 3.07. The van der Waals surface area contributed by atoms with E-state index in [1.165, 1.54) is 18.2 Å². The molecular weight excluding hydrogens is 355 g/mol. The van der Waals surface area contributed by atoms with Gasteiger partial charge in [-0.1, -0.05) is 23.2 Å². The third kappa shape index (κ3) is 5.40. The van der Waals surface area contributed by atoms with Crippen molar-refractivity contribution in [1.29, 1.82) is 0 Å². The molecule has 2 aromatic carbocycles. The number of nitro groups is 1. The first-order chi connectivity index (χ1) is 11.5. The van der Waals surface area contributed by atoms with Gasteiger partial charge in [0, 0.05) is 23.6 Å². The average Bonchev–Trinajstić information content (AvgIpc) is 2.55. The monoisotopic (exact) mass is 368 g/mol. The molecule has 1 amide bonds. The lowest BCUT2D eigenvalue weighted by atomic mass is 10.2. The van der Waals surface area contributed by atoms with E-state index in [9.17, 15) is 14.9 Å². The minimum absolute atomic E-state index is 0.138. The van der Waals surface area contributed by atoms with Gasteiger partial charge in [0.1, 0.15) is 5.75 Å². The van der Waals surface area contributed by atoms with E-state index < -0.39 is 4.92 Å². The van der Waals surface area contributed by atoms with Crippen molar-refractivity contribution < 1.29 is 14.5 Å². The lowest BCUT2D eigenvalue weighted by Crippen LogP contribution is -2.13. The highest BCUT2D eigenvalue weighted by molar-refractivity contribution is 6.33. The number of hydrogen-bond donors (Lipinski definition) is 1. The number of carbonyl (C=O) groups is 1. The summed E-state index contributed by atoms with van der Waals surface area (Å²) in [7, 11) is 0. The molecule has 8 heteroatoms. The maximum Gasteiger partial charge on any atom is 0.271 e. The Morgan fingerprint density at radius 1 is 1.17 bits per heavy atom. The van der Waals surface area contributed by atoms with E-state index in [-0.39, 0.29) is 28.7 Å². The predicted molar refractivity (Wildman–Crippen MR) is 92.9 cm³/mol. The fourth-order valence-corrected chi connectivity index (χ4v) is 2.18. The Morgan fingerprint density at radius 2 is 1.88 bits per heavy atom. The zero-order valence-corrected chi connectivity index (χ0v) is 14.0. The molecule has 126 valence electrons. The van der Waals surface area contributed by atoms with Crippen molar-refractivity contribution >= 4 is 40.5 Å². The Balaban J connectivity index is 1.80. The second kappa shape index (κ2) is 8.52. The van der Waals surface area contributed by atoms with Crippen LogP contribution in [0.4, 0.5) is 11.4 Å². The van der Waals surface area contributed by atoms with Crippen molar-refractivity contribution in [3.8, 4) is 5.75 Å². The number of anilines is 1. The smallest absolute Gasteiger partial charge is 0.271 e. The summed E-state index contributed by atoms with van der Waals surface area (Å²) in [6.45, 7) is 0.359. The molecule has 0 heterocycles. The number of halogens is 2. The van der Waals surface area contributed by atoms with Gasteiger partial charge in [-0.2, -0.15) is 0 Å². The molecular formula is C16H14Cl2N2O4.